The fourth-order valence-electron chi connectivity index (χ4n) is 6.57. The Kier molecular flexibility index (Phi) is 4.80. The van der Waals surface area contributed by atoms with E-state index in [1.54, 1.807) is 0 Å². The van der Waals surface area contributed by atoms with Crippen LogP contribution in [0.25, 0.3) is 75.4 Å². The second-order valence-corrected chi connectivity index (χ2v) is 11.6. The van der Waals surface area contributed by atoms with E-state index in [0.29, 0.717) is 0 Å². The van der Waals surface area contributed by atoms with Gasteiger partial charge in [-0.1, -0.05) is 103 Å². The van der Waals surface area contributed by atoms with Crippen LogP contribution in [0.4, 0.5) is 0 Å². The lowest BCUT2D eigenvalue weighted by Crippen LogP contribution is -1.95. The van der Waals surface area contributed by atoms with Crippen molar-refractivity contribution in [2.45, 2.75) is 0 Å². The molecule has 0 radical (unpaired) electrons. The van der Waals surface area contributed by atoms with Crippen LogP contribution >= 0.6 is 11.3 Å². The molecule has 0 unspecified atom stereocenters. The maximum atomic E-state index is 2.50. The van der Waals surface area contributed by atoms with Gasteiger partial charge in [-0.25, -0.2) is 0 Å². The van der Waals surface area contributed by atoms with Gasteiger partial charge in [0, 0.05) is 43.5 Å². The van der Waals surface area contributed by atoms with E-state index in [2.05, 4.69) is 155 Å². The van der Waals surface area contributed by atoms with Gasteiger partial charge in [0.25, 0.3) is 0 Å². The number of aromatic nitrogens is 2. The molecule has 3 heterocycles. The van der Waals surface area contributed by atoms with Crippen LogP contribution < -0.4 is 0 Å². The third kappa shape index (κ3) is 3.24. The Hall–Kier alpha value is -5.12. The van der Waals surface area contributed by atoms with Gasteiger partial charge in [0.05, 0.1) is 26.9 Å². The SMILES string of the molecule is c1ccc(-c2cccc3c2sc2c(-n4c5ccccc5c5ccc6c(ccn6-c6ccccc6)c54)cccc23)cc1. The minimum atomic E-state index is 1.17. The van der Waals surface area contributed by atoms with Crippen molar-refractivity contribution in [3.63, 3.8) is 0 Å². The Labute approximate surface area is 240 Å². The van der Waals surface area contributed by atoms with Gasteiger partial charge in [-0.3, -0.25) is 0 Å². The molecule has 0 saturated carbocycles. The first-order valence-electron chi connectivity index (χ1n) is 14.0. The van der Waals surface area contributed by atoms with Gasteiger partial charge in [0.15, 0.2) is 0 Å². The quantitative estimate of drug-likeness (QED) is 0.211. The van der Waals surface area contributed by atoms with Crippen LogP contribution in [-0.4, -0.2) is 9.13 Å². The van der Waals surface area contributed by atoms with Crippen molar-refractivity contribution in [1.82, 2.24) is 9.13 Å². The van der Waals surface area contributed by atoms with Crippen molar-refractivity contribution in [1.29, 1.82) is 0 Å². The third-order valence-corrected chi connectivity index (χ3v) is 9.64. The summed E-state index contributed by atoms with van der Waals surface area (Å²) in [5, 5.41) is 6.43. The molecule has 0 saturated heterocycles. The van der Waals surface area contributed by atoms with Crippen molar-refractivity contribution < 1.29 is 0 Å². The van der Waals surface area contributed by atoms with E-state index in [4.69, 9.17) is 0 Å². The molecule has 192 valence electrons. The molecule has 0 aliphatic rings. The monoisotopic (exact) mass is 540 g/mol. The number of hydrogen-bond donors (Lipinski definition) is 0. The Balaban J connectivity index is 1.40. The van der Waals surface area contributed by atoms with E-state index in [0.717, 1.165) is 0 Å². The Bertz CT molecular complexity index is 2410. The zero-order valence-electron chi connectivity index (χ0n) is 22.2. The summed E-state index contributed by atoms with van der Waals surface area (Å²) >= 11 is 1.91. The highest BCUT2D eigenvalue weighted by atomic mass is 32.1. The van der Waals surface area contributed by atoms with E-state index >= 15 is 0 Å². The fraction of sp³-hybridized carbons (Fsp3) is 0. The number of fused-ring (bicyclic) bond motifs is 8. The van der Waals surface area contributed by atoms with Crippen LogP contribution in [0, 0.1) is 0 Å². The Morgan fingerprint density at radius 1 is 0.439 bits per heavy atom. The van der Waals surface area contributed by atoms with E-state index in [-0.39, 0.29) is 0 Å². The fourth-order valence-corrected chi connectivity index (χ4v) is 7.91. The van der Waals surface area contributed by atoms with E-state index in [1.165, 1.54) is 75.4 Å². The van der Waals surface area contributed by atoms with Gasteiger partial charge >= 0.3 is 0 Å². The molecule has 0 aliphatic heterocycles. The van der Waals surface area contributed by atoms with Crippen molar-refractivity contribution in [2.24, 2.45) is 0 Å². The molecule has 0 atom stereocenters. The van der Waals surface area contributed by atoms with E-state index < -0.39 is 0 Å². The number of benzene rings is 6. The highest BCUT2D eigenvalue weighted by molar-refractivity contribution is 7.26. The summed E-state index contributed by atoms with van der Waals surface area (Å²) in [5.74, 6) is 0. The topological polar surface area (TPSA) is 9.86 Å². The maximum Gasteiger partial charge on any atom is 0.0641 e. The average Bonchev–Trinajstić information content (AvgIpc) is 3.73. The molecule has 9 rings (SSSR count). The molecule has 2 nitrogen and oxygen atoms in total. The Morgan fingerprint density at radius 2 is 1.15 bits per heavy atom. The van der Waals surface area contributed by atoms with Crippen LogP contribution in [0.1, 0.15) is 0 Å². The molecule has 0 N–H and O–H groups in total. The zero-order valence-corrected chi connectivity index (χ0v) is 23.0. The molecular weight excluding hydrogens is 516 g/mol. The van der Waals surface area contributed by atoms with E-state index in [1.807, 2.05) is 11.3 Å². The number of para-hydroxylation sites is 2. The summed E-state index contributed by atoms with van der Waals surface area (Å²) in [6.07, 6.45) is 2.20. The first kappa shape index (κ1) is 22.7. The number of hydrogen-bond acceptors (Lipinski definition) is 1. The highest BCUT2D eigenvalue weighted by Crippen LogP contribution is 2.45. The smallest absolute Gasteiger partial charge is 0.0641 e. The standard InChI is InChI=1S/C38H24N2S/c1-3-11-25(12-4-1)27-16-9-17-30-31-18-10-20-35(38(31)41-37(27)30)40-34-19-8-7-15-28(34)29-21-22-33-32(36(29)40)23-24-39(33)26-13-5-2-6-14-26/h1-24H. The van der Waals surface area contributed by atoms with Crippen LogP contribution in [0.2, 0.25) is 0 Å². The predicted molar refractivity (Wildman–Crippen MR) is 176 cm³/mol. The van der Waals surface area contributed by atoms with Crippen LogP contribution in [0.5, 0.6) is 0 Å². The number of rotatable bonds is 3. The largest absolute Gasteiger partial charge is 0.316 e. The highest BCUT2D eigenvalue weighted by Gasteiger charge is 2.20. The van der Waals surface area contributed by atoms with Crippen LogP contribution in [0.15, 0.2) is 146 Å². The van der Waals surface area contributed by atoms with Gasteiger partial charge in [0.2, 0.25) is 0 Å². The van der Waals surface area contributed by atoms with Crippen molar-refractivity contribution >= 4 is 64.2 Å². The van der Waals surface area contributed by atoms with Crippen LogP contribution in [-0.2, 0) is 0 Å². The lowest BCUT2D eigenvalue weighted by atomic mass is 10.0. The minimum absolute atomic E-state index is 1.17. The predicted octanol–water partition coefficient (Wildman–Crippen LogP) is 10.8. The average molecular weight is 541 g/mol. The maximum absolute atomic E-state index is 2.50. The summed E-state index contributed by atoms with van der Waals surface area (Å²) in [6, 6.07) is 50.5. The van der Waals surface area contributed by atoms with Gasteiger partial charge in [-0.2, -0.15) is 0 Å². The molecule has 0 amide bonds. The van der Waals surface area contributed by atoms with Crippen molar-refractivity contribution in [3.8, 4) is 22.5 Å². The van der Waals surface area contributed by atoms with Gasteiger partial charge in [0.1, 0.15) is 0 Å². The van der Waals surface area contributed by atoms with Gasteiger partial charge in [-0.05, 0) is 47.5 Å². The molecule has 3 heteroatoms. The second kappa shape index (κ2) is 8.69. The summed E-state index contributed by atoms with van der Waals surface area (Å²) in [6.45, 7) is 0. The summed E-state index contributed by atoms with van der Waals surface area (Å²) in [4.78, 5) is 0. The molecule has 9 aromatic rings. The molecule has 41 heavy (non-hydrogen) atoms. The summed E-state index contributed by atoms with van der Waals surface area (Å²) in [7, 11) is 0. The van der Waals surface area contributed by atoms with Gasteiger partial charge in [-0.15, -0.1) is 11.3 Å². The lowest BCUT2D eigenvalue weighted by molar-refractivity contribution is 1.13. The van der Waals surface area contributed by atoms with Crippen LogP contribution in [0.3, 0.4) is 0 Å². The second-order valence-electron chi connectivity index (χ2n) is 10.6. The molecule has 0 spiro atoms. The molecular formula is C38H24N2S. The van der Waals surface area contributed by atoms with Crippen molar-refractivity contribution in [3.05, 3.63) is 146 Å². The molecule has 3 aromatic heterocycles. The first-order chi connectivity index (χ1) is 20.4. The number of thiophene rings is 1. The first-order valence-corrected chi connectivity index (χ1v) is 14.8. The molecule has 0 bridgehead atoms. The summed E-state index contributed by atoms with van der Waals surface area (Å²) in [5.41, 5.74) is 8.65. The third-order valence-electron chi connectivity index (χ3n) is 8.37. The summed E-state index contributed by atoms with van der Waals surface area (Å²) < 4.78 is 7.45. The lowest BCUT2D eigenvalue weighted by Gasteiger charge is -2.11. The van der Waals surface area contributed by atoms with E-state index in [9.17, 15) is 0 Å². The molecule has 6 aromatic carbocycles. The van der Waals surface area contributed by atoms with Crippen molar-refractivity contribution in [2.75, 3.05) is 0 Å². The van der Waals surface area contributed by atoms with Gasteiger partial charge < -0.3 is 9.13 Å². The molecule has 0 fully saturated rings. The molecule has 0 aliphatic carbocycles. The Morgan fingerprint density at radius 3 is 2.00 bits per heavy atom. The number of nitrogens with zero attached hydrogens (tertiary/aromatic N) is 2. The normalized spacial score (nSPS) is 11.9. The minimum Gasteiger partial charge on any atom is -0.316 e. The zero-order chi connectivity index (χ0) is 26.9.